The number of nitrogens with zero attached hydrogens (tertiary/aromatic N) is 1. The molecule has 2 heteroatoms. The van der Waals surface area contributed by atoms with Gasteiger partial charge in [0.1, 0.15) is 0 Å². The highest BCUT2D eigenvalue weighted by Crippen LogP contribution is 2.23. The van der Waals surface area contributed by atoms with Crippen molar-refractivity contribution >= 4 is 16.7 Å². The summed E-state index contributed by atoms with van der Waals surface area (Å²) in [5, 5.41) is 0.905. The van der Waals surface area contributed by atoms with Crippen molar-refractivity contribution in [3.8, 4) is 0 Å². The van der Waals surface area contributed by atoms with E-state index in [1.807, 2.05) is 44.2 Å². The number of carbonyl (C=O) groups is 1. The van der Waals surface area contributed by atoms with E-state index in [1.54, 1.807) is 12.3 Å². The number of carbonyl (C=O) groups excluding carboxylic acids is 1. The van der Waals surface area contributed by atoms with E-state index in [1.165, 1.54) is 5.56 Å². The Morgan fingerprint density at radius 3 is 2.38 bits per heavy atom. The van der Waals surface area contributed by atoms with Gasteiger partial charge in [0.25, 0.3) is 0 Å². The van der Waals surface area contributed by atoms with Crippen molar-refractivity contribution in [3.63, 3.8) is 0 Å². The van der Waals surface area contributed by atoms with Gasteiger partial charge in [0.2, 0.25) is 0 Å². The van der Waals surface area contributed by atoms with Crippen LogP contribution >= 0.6 is 0 Å². The van der Waals surface area contributed by atoms with Gasteiger partial charge in [-0.15, -0.1) is 0 Å². The van der Waals surface area contributed by atoms with Gasteiger partial charge in [0, 0.05) is 22.7 Å². The average molecular weight is 275 g/mol. The average Bonchev–Trinajstić information content (AvgIpc) is 2.49. The molecule has 0 fully saturated rings. The number of hydrogen-bond donors (Lipinski definition) is 0. The Morgan fingerprint density at radius 2 is 1.57 bits per heavy atom. The summed E-state index contributed by atoms with van der Waals surface area (Å²) < 4.78 is 0. The van der Waals surface area contributed by atoms with E-state index in [-0.39, 0.29) is 5.78 Å². The SMILES string of the molecule is Cc1cc(C)c(C(=O)c2ccnc3ccccc23)cc1C. The van der Waals surface area contributed by atoms with Crippen LogP contribution in [0, 0.1) is 20.8 Å². The van der Waals surface area contributed by atoms with E-state index in [2.05, 4.69) is 18.0 Å². The zero-order valence-corrected chi connectivity index (χ0v) is 12.5. The van der Waals surface area contributed by atoms with E-state index < -0.39 is 0 Å². The second-order valence-electron chi connectivity index (χ2n) is 5.46. The highest BCUT2D eigenvalue weighted by Gasteiger charge is 2.15. The normalized spacial score (nSPS) is 10.8. The van der Waals surface area contributed by atoms with Gasteiger partial charge in [-0.1, -0.05) is 24.3 Å². The molecule has 21 heavy (non-hydrogen) atoms. The van der Waals surface area contributed by atoms with E-state index in [0.717, 1.165) is 27.6 Å². The third-order valence-electron chi connectivity index (χ3n) is 3.98. The van der Waals surface area contributed by atoms with Gasteiger partial charge in [-0.25, -0.2) is 0 Å². The molecule has 0 aliphatic carbocycles. The lowest BCUT2D eigenvalue weighted by molar-refractivity contribution is 0.103. The first-order chi connectivity index (χ1) is 10.1. The van der Waals surface area contributed by atoms with Crippen LogP contribution in [0.5, 0.6) is 0 Å². The summed E-state index contributed by atoms with van der Waals surface area (Å²) in [5.41, 5.74) is 5.71. The molecule has 1 aromatic heterocycles. The maximum absolute atomic E-state index is 12.9. The standard InChI is InChI=1S/C19H17NO/c1-12-10-14(3)17(11-13(12)2)19(21)16-8-9-20-18-7-5-4-6-15(16)18/h4-11H,1-3H3. The monoisotopic (exact) mass is 275 g/mol. The number of hydrogen-bond acceptors (Lipinski definition) is 2. The van der Waals surface area contributed by atoms with E-state index in [0.29, 0.717) is 5.56 Å². The molecule has 0 radical (unpaired) electrons. The molecule has 0 unspecified atom stereocenters. The summed E-state index contributed by atoms with van der Waals surface area (Å²) in [6.07, 6.45) is 1.70. The van der Waals surface area contributed by atoms with Gasteiger partial charge in [-0.2, -0.15) is 0 Å². The van der Waals surface area contributed by atoms with Crippen LogP contribution in [0.1, 0.15) is 32.6 Å². The van der Waals surface area contributed by atoms with E-state index in [9.17, 15) is 4.79 Å². The van der Waals surface area contributed by atoms with Gasteiger partial charge in [0.15, 0.2) is 5.78 Å². The number of ketones is 1. The number of aromatic nitrogens is 1. The van der Waals surface area contributed by atoms with Crippen LogP contribution in [0.4, 0.5) is 0 Å². The third kappa shape index (κ3) is 2.33. The molecule has 0 amide bonds. The van der Waals surface area contributed by atoms with Gasteiger partial charge < -0.3 is 0 Å². The molecule has 2 nitrogen and oxygen atoms in total. The van der Waals surface area contributed by atoms with E-state index >= 15 is 0 Å². The van der Waals surface area contributed by atoms with Crippen LogP contribution in [-0.4, -0.2) is 10.8 Å². The third-order valence-corrected chi connectivity index (χ3v) is 3.98. The molecule has 0 saturated heterocycles. The first-order valence-electron chi connectivity index (χ1n) is 7.04. The van der Waals surface area contributed by atoms with Gasteiger partial charge >= 0.3 is 0 Å². The van der Waals surface area contributed by atoms with Crippen molar-refractivity contribution in [2.45, 2.75) is 20.8 Å². The Kier molecular flexibility index (Phi) is 3.30. The fourth-order valence-electron chi connectivity index (χ4n) is 2.64. The van der Waals surface area contributed by atoms with Crippen molar-refractivity contribution in [2.75, 3.05) is 0 Å². The van der Waals surface area contributed by atoms with Crippen molar-refractivity contribution in [3.05, 3.63) is 76.5 Å². The predicted octanol–water partition coefficient (Wildman–Crippen LogP) is 4.39. The predicted molar refractivity (Wildman–Crippen MR) is 85.8 cm³/mol. The Labute approximate surface area is 124 Å². The zero-order valence-electron chi connectivity index (χ0n) is 12.5. The minimum Gasteiger partial charge on any atom is -0.289 e. The molecule has 3 aromatic rings. The molecule has 0 N–H and O–H groups in total. The molecule has 0 aliphatic heterocycles. The lowest BCUT2D eigenvalue weighted by atomic mass is 9.93. The summed E-state index contributed by atoms with van der Waals surface area (Å²) in [7, 11) is 0. The quantitative estimate of drug-likeness (QED) is 0.649. The van der Waals surface area contributed by atoms with Crippen molar-refractivity contribution in [1.82, 2.24) is 4.98 Å². The van der Waals surface area contributed by atoms with Crippen molar-refractivity contribution in [2.24, 2.45) is 0 Å². The molecule has 0 aliphatic rings. The molecular weight excluding hydrogens is 258 g/mol. The second-order valence-corrected chi connectivity index (χ2v) is 5.46. The van der Waals surface area contributed by atoms with Crippen LogP contribution in [0.15, 0.2) is 48.7 Å². The molecule has 1 heterocycles. The van der Waals surface area contributed by atoms with Gasteiger partial charge in [-0.05, 0) is 55.7 Å². The molecular formula is C19H17NO. The first kappa shape index (κ1) is 13.5. The summed E-state index contributed by atoms with van der Waals surface area (Å²) >= 11 is 0. The smallest absolute Gasteiger partial charge is 0.194 e. The summed E-state index contributed by atoms with van der Waals surface area (Å²) in [6, 6.07) is 13.6. The minimum atomic E-state index is 0.0641. The van der Waals surface area contributed by atoms with E-state index in [4.69, 9.17) is 0 Å². The fraction of sp³-hybridized carbons (Fsp3) is 0.158. The lowest BCUT2D eigenvalue weighted by Gasteiger charge is -2.10. The summed E-state index contributed by atoms with van der Waals surface area (Å²) in [4.78, 5) is 17.2. The Balaban J connectivity index is 2.20. The minimum absolute atomic E-state index is 0.0641. The molecule has 0 spiro atoms. The van der Waals surface area contributed by atoms with Gasteiger partial charge in [0.05, 0.1) is 5.52 Å². The number of para-hydroxylation sites is 1. The molecule has 0 bridgehead atoms. The number of pyridine rings is 1. The van der Waals surface area contributed by atoms with Crippen LogP contribution in [0.2, 0.25) is 0 Å². The maximum Gasteiger partial charge on any atom is 0.194 e. The molecule has 104 valence electrons. The molecule has 0 atom stereocenters. The Bertz CT molecular complexity index is 844. The number of rotatable bonds is 2. The lowest BCUT2D eigenvalue weighted by Crippen LogP contribution is -2.06. The number of benzene rings is 2. The first-order valence-corrected chi connectivity index (χ1v) is 7.04. The zero-order chi connectivity index (χ0) is 15.0. The highest BCUT2D eigenvalue weighted by atomic mass is 16.1. The highest BCUT2D eigenvalue weighted by molar-refractivity contribution is 6.16. The van der Waals surface area contributed by atoms with Crippen LogP contribution in [-0.2, 0) is 0 Å². The van der Waals surface area contributed by atoms with Crippen LogP contribution in [0.3, 0.4) is 0 Å². The summed E-state index contributed by atoms with van der Waals surface area (Å²) in [6.45, 7) is 6.09. The van der Waals surface area contributed by atoms with Crippen LogP contribution < -0.4 is 0 Å². The Hall–Kier alpha value is -2.48. The van der Waals surface area contributed by atoms with Crippen molar-refractivity contribution in [1.29, 1.82) is 0 Å². The van der Waals surface area contributed by atoms with Crippen LogP contribution in [0.25, 0.3) is 10.9 Å². The summed E-state index contributed by atoms with van der Waals surface area (Å²) in [5.74, 6) is 0.0641. The number of fused-ring (bicyclic) bond motifs is 1. The number of aryl methyl sites for hydroxylation is 3. The van der Waals surface area contributed by atoms with Crippen molar-refractivity contribution < 1.29 is 4.79 Å². The fourth-order valence-corrected chi connectivity index (χ4v) is 2.64. The largest absolute Gasteiger partial charge is 0.289 e. The Morgan fingerprint density at radius 1 is 0.857 bits per heavy atom. The second kappa shape index (κ2) is 5.13. The molecule has 2 aromatic carbocycles. The van der Waals surface area contributed by atoms with Gasteiger partial charge in [-0.3, -0.25) is 9.78 Å². The molecule has 0 saturated carbocycles. The topological polar surface area (TPSA) is 30.0 Å². The maximum atomic E-state index is 12.9. The molecule has 3 rings (SSSR count).